The molecule has 6 heteroatoms. The van der Waals surface area contributed by atoms with Crippen LogP contribution in [0.25, 0.3) is 11.0 Å². The van der Waals surface area contributed by atoms with E-state index in [1.54, 1.807) is 0 Å². The second kappa shape index (κ2) is 2.90. The Morgan fingerprint density at radius 2 is 1.57 bits per heavy atom. The van der Waals surface area contributed by atoms with Crippen LogP contribution in [0.15, 0.2) is 12.1 Å². The van der Waals surface area contributed by atoms with E-state index in [1.807, 2.05) is 0 Å². The van der Waals surface area contributed by atoms with Crippen LogP contribution in [-0.2, 0) is 0 Å². The van der Waals surface area contributed by atoms with Gasteiger partial charge in [-0.15, -0.1) is 0 Å². The molecule has 0 aliphatic rings. The fourth-order valence-electron chi connectivity index (χ4n) is 1.03. The molecule has 2 rings (SSSR count). The van der Waals surface area contributed by atoms with E-state index in [4.69, 9.17) is 0 Å². The van der Waals surface area contributed by atoms with Gasteiger partial charge >= 0.3 is 0 Å². The minimum Gasteiger partial charge on any atom is -0.215 e. The van der Waals surface area contributed by atoms with Crippen molar-refractivity contribution in [2.24, 2.45) is 0 Å². The summed E-state index contributed by atoms with van der Waals surface area (Å²) in [4.78, 5) is 6.13. The fourth-order valence-corrected chi connectivity index (χ4v) is 1.03. The van der Waals surface area contributed by atoms with Crippen LogP contribution in [0.1, 0.15) is 0 Å². The zero-order valence-corrected chi connectivity index (χ0v) is 6.56. The lowest BCUT2D eigenvalue weighted by Gasteiger charge is -1.99. The molecule has 0 amide bonds. The van der Waals surface area contributed by atoms with Crippen LogP contribution >= 0.6 is 0 Å². The van der Waals surface area contributed by atoms with Crippen molar-refractivity contribution in [3.63, 3.8) is 0 Å². The molecule has 72 valence electrons. The van der Waals surface area contributed by atoms with Gasteiger partial charge in [0.05, 0.1) is 5.52 Å². The summed E-state index contributed by atoms with van der Waals surface area (Å²) in [6.07, 6.45) is 0. The van der Waals surface area contributed by atoms with Crippen molar-refractivity contribution in [1.29, 1.82) is 0 Å². The van der Waals surface area contributed by atoms with Gasteiger partial charge in [-0.2, -0.15) is 13.2 Å². The molecule has 0 spiro atoms. The molecule has 0 unspecified atom stereocenters. The van der Waals surface area contributed by atoms with E-state index < -0.39 is 29.0 Å². The Kier molecular flexibility index (Phi) is 1.83. The highest BCUT2D eigenvalue weighted by atomic mass is 19.2. The lowest BCUT2D eigenvalue weighted by atomic mass is 10.3. The van der Waals surface area contributed by atoms with Crippen molar-refractivity contribution in [2.45, 2.75) is 0 Å². The molecule has 2 aromatic heterocycles. The summed E-state index contributed by atoms with van der Waals surface area (Å²) in [7, 11) is 0. The maximum atomic E-state index is 13.0. The normalized spacial score (nSPS) is 10.9. The van der Waals surface area contributed by atoms with Crippen LogP contribution in [0.3, 0.4) is 0 Å². The second-order valence-corrected chi connectivity index (χ2v) is 2.53. The zero-order valence-electron chi connectivity index (χ0n) is 6.56. The van der Waals surface area contributed by atoms with Crippen LogP contribution in [-0.4, -0.2) is 9.97 Å². The Morgan fingerprint density at radius 1 is 0.857 bits per heavy atom. The number of nitrogens with zero attached hydrogens (tertiary/aromatic N) is 2. The van der Waals surface area contributed by atoms with E-state index in [2.05, 4.69) is 9.97 Å². The summed E-state index contributed by atoms with van der Waals surface area (Å²) < 4.78 is 50.7. The fraction of sp³-hybridized carbons (Fsp3) is 0. The molecule has 0 saturated carbocycles. The maximum Gasteiger partial charge on any atom is 0.252 e. The Hall–Kier alpha value is -1.72. The van der Waals surface area contributed by atoms with E-state index in [1.165, 1.54) is 0 Å². The standard InChI is InChI=1S/C8H2F4N2/c9-4-2-1-3-7(14-4)5(10)6(11)8(12)13-3/h1-2H. The molecule has 2 nitrogen and oxygen atoms in total. The highest BCUT2D eigenvalue weighted by Crippen LogP contribution is 2.18. The van der Waals surface area contributed by atoms with Crippen LogP contribution in [0.4, 0.5) is 17.6 Å². The average molecular weight is 202 g/mol. The summed E-state index contributed by atoms with van der Waals surface area (Å²) in [5.74, 6) is -5.84. The van der Waals surface area contributed by atoms with Gasteiger partial charge in [0, 0.05) is 0 Å². The summed E-state index contributed by atoms with van der Waals surface area (Å²) in [6.45, 7) is 0. The molecule has 2 aromatic rings. The molecule has 0 atom stereocenters. The van der Waals surface area contributed by atoms with Crippen molar-refractivity contribution < 1.29 is 17.6 Å². The zero-order chi connectivity index (χ0) is 10.3. The molecule has 0 fully saturated rings. The summed E-state index contributed by atoms with van der Waals surface area (Å²) in [5.41, 5.74) is -0.855. The van der Waals surface area contributed by atoms with Crippen molar-refractivity contribution in [3.8, 4) is 0 Å². The minimum absolute atomic E-state index is 0.234. The van der Waals surface area contributed by atoms with Crippen LogP contribution in [0.5, 0.6) is 0 Å². The first-order valence-corrected chi connectivity index (χ1v) is 3.56. The van der Waals surface area contributed by atoms with Crippen molar-refractivity contribution >= 4 is 11.0 Å². The van der Waals surface area contributed by atoms with Gasteiger partial charge < -0.3 is 0 Å². The van der Waals surface area contributed by atoms with Crippen molar-refractivity contribution in [2.75, 3.05) is 0 Å². The van der Waals surface area contributed by atoms with Gasteiger partial charge in [0.1, 0.15) is 5.52 Å². The van der Waals surface area contributed by atoms with Gasteiger partial charge in [-0.25, -0.2) is 14.4 Å². The second-order valence-electron chi connectivity index (χ2n) is 2.53. The number of hydrogen-bond donors (Lipinski definition) is 0. The number of rotatable bonds is 0. The number of hydrogen-bond acceptors (Lipinski definition) is 2. The largest absolute Gasteiger partial charge is 0.252 e. The molecular weight excluding hydrogens is 200 g/mol. The molecule has 0 N–H and O–H groups in total. The number of halogens is 4. The number of fused-ring (bicyclic) bond motifs is 1. The minimum atomic E-state index is -1.75. The van der Waals surface area contributed by atoms with E-state index in [0.717, 1.165) is 12.1 Å². The number of pyridine rings is 2. The van der Waals surface area contributed by atoms with E-state index in [0.29, 0.717) is 0 Å². The Bertz CT molecular complexity index is 512. The summed E-state index contributed by atoms with van der Waals surface area (Å²) >= 11 is 0. The molecule has 2 heterocycles. The molecule has 0 aromatic carbocycles. The van der Waals surface area contributed by atoms with Gasteiger partial charge in [0.25, 0.3) is 5.95 Å². The molecular formula is C8H2F4N2. The monoisotopic (exact) mass is 202 g/mol. The topological polar surface area (TPSA) is 25.8 Å². The van der Waals surface area contributed by atoms with Gasteiger partial charge in [-0.05, 0) is 12.1 Å². The third kappa shape index (κ3) is 1.19. The molecule has 0 aliphatic carbocycles. The predicted molar refractivity (Wildman–Crippen MR) is 39.4 cm³/mol. The Balaban J connectivity index is 2.92. The highest BCUT2D eigenvalue weighted by molar-refractivity contribution is 5.74. The van der Waals surface area contributed by atoms with E-state index in [-0.39, 0.29) is 5.52 Å². The lowest BCUT2D eigenvalue weighted by Crippen LogP contribution is -1.99. The van der Waals surface area contributed by atoms with E-state index >= 15 is 0 Å². The van der Waals surface area contributed by atoms with Crippen LogP contribution in [0.2, 0.25) is 0 Å². The lowest BCUT2D eigenvalue weighted by molar-refractivity contribution is 0.433. The predicted octanol–water partition coefficient (Wildman–Crippen LogP) is 2.19. The molecule has 0 saturated heterocycles. The average Bonchev–Trinajstić information content (AvgIpc) is 2.16. The van der Waals surface area contributed by atoms with Gasteiger partial charge in [-0.1, -0.05) is 0 Å². The van der Waals surface area contributed by atoms with Gasteiger partial charge in [-0.3, -0.25) is 0 Å². The first-order chi connectivity index (χ1) is 6.59. The Labute approximate surface area is 75.2 Å². The van der Waals surface area contributed by atoms with Crippen molar-refractivity contribution in [3.05, 3.63) is 35.7 Å². The summed E-state index contributed by atoms with van der Waals surface area (Å²) in [5, 5.41) is 0. The van der Waals surface area contributed by atoms with Gasteiger partial charge in [0.15, 0.2) is 5.82 Å². The Morgan fingerprint density at radius 3 is 2.29 bits per heavy atom. The molecule has 0 aliphatic heterocycles. The first kappa shape index (κ1) is 8.86. The van der Waals surface area contributed by atoms with Crippen LogP contribution in [0, 0.1) is 23.5 Å². The van der Waals surface area contributed by atoms with Crippen LogP contribution < -0.4 is 0 Å². The first-order valence-electron chi connectivity index (χ1n) is 3.56. The quantitative estimate of drug-likeness (QED) is 0.483. The number of aromatic nitrogens is 2. The molecule has 0 radical (unpaired) electrons. The molecule has 14 heavy (non-hydrogen) atoms. The highest BCUT2D eigenvalue weighted by Gasteiger charge is 2.16. The SMILES string of the molecule is Fc1ccc2nc(F)c(F)c(F)c2n1. The van der Waals surface area contributed by atoms with Gasteiger partial charge in [0.2, 0.25) is 11.8 Å². The van der Waals surface area contributed by atoms with E-state index in [9.17, 15) is 17.6 Å². The van der Waals surface area contributed by atoms with Crippen molar-refractivity contribution in [1.82, 2.24) is 9.97 Å². The summed E-state index contributed by atoms with van der Waals surface area (Å²) in [6, 6.07) is 1.90. The third-order valence-corrected chi connectivity index (χ3v) is 1.64. The third-order valence-electron chi connectivity index (χ3n) is 1.64. The maximum absolute atomic E-state index is 13.0. The molecule has 0 bridgehead atoms. The smallest absolute Gasteiger partial charge is 0.215 e.